The van der Waals surface area contributed by atoms with E-state index in [4.69, 9.17) is 10.00 Å². The molecule has 1 atom stereocenters. The number of carbonyl (C=O) groups is 1. The van der Waals surface area contributed by atoms with Gasteiger partial charge in [-0.15, -0.1) is 0 Å². The van der Waals surface area contributed by atoms with Crippen LogP contribution in [0.2, 0.25) is 0 Å². The minimum atomic E-state index is -0.780. The molecule has 0 heterocycles. The Morgan fingerprint density at radius 3 is 2.67 bits per heavy atom. The number of carbonyl (C=O) groups excluding carboxylic acids is 1. The molecule has 0 saturated carbocycles. The molecule has 18 heavy (non-hydrogen) atoms. The summed E-state index contributed by atoms with van der Waals surface area (Å²) in [7, 11) is 1.42. The van der Waals surface area contributed by atoms with Crippen LogP contribution in [0.1, 0.15) is 13.8 Å². The second-order valence-electron chi connectivity index (χ2n) is 4.18. The summed E-state index contributed by atoms with van der Waals surface area (Å²) in [6.45, 7) is 3.55. The van der Waals surface area contributed by atoms with Crippen LogP contribution in [0.4, 0.5) is 10.1 Å². The highest BCUT2D eigenvalue weighted by molar-refractivity contribution is 5.95. The van der Waals surface area contributed by atoms with E-state index in [1.807, 2.05) is 6.07 Å². The lowest BCUT2D eigenvalue weighted by atomic mass is 9.96. The molecule has 0 spiro atoms. The van der Waals surface area contributed by atoms with Gasteiger partial charge in [-0.05, 0) is 18.1 Å². The Kier molecular flexibility index (Phi) is 4.67. The molecule has 0 bridgehead atoms. The zero-order valence-electron chi connectivity index (χ0n) is 10.5. The lowest BCUT2D eigenvalue weighted by molar-refractivity contribution is -0.119. The quantitative estimate of drug-likeness (QED) is 0.893. The number of rotatable bonds is 4. The third-order valence-corrected chi connectivity index (χ3v) is 2.51. The fourth-order valence-electron chi connectivity index (χ4n) is 1.50. The first kappa shape index (κ1) is 14.0. The van der Waals surface area contributed by atoms with Crippen molar-refractivity contribution < 1.29 is 13.9 Å². The normalized spacial score (nSPS) is 11.8. The molecule has 1 aromatic rings. The van der Waals surface area contributed by atoms with Gasteiger partial charge in [0.25, 0.3) is 0 Å². The van der Waals surface area contributed by atoms with Crippen molar-refractivity contribution in [2.75, 3.05) is 12.4 Å². The van der Waals surface area contributed by atoms with Crippen LogP contribution >= 0.6 is 0 Å². The second-order valence-corrected chi connectivity index (χ2v) is 4.18. The minimum Gasteiger partial charge on any atom is -0.495 e. The molecule has 0 aliphatic carbocycles. The number of methoxy groups -OCH3 is 1. The molecule has 0 radical (unpaired) electrons. The van der Waals surface area contributed by atoms with Crippen molar-refractivity contribution in [3.63, 3.8) is 0 Å². The fourth-order valence-corrected chi connectivity index (χ4v) is 1.50. The number of nitrogens with one attached hydrogen (secondary N) is 1. The molecule has 1 N–H and O–H groups in total. The number of nitrogens with zero attached hydrogens (tertiary/aromatic N) is 1. The van der Waals surface area contributed by atoms with Crippen molar-refractivity contribution in [1.29, 1.82) is 5.26 Å². The van der Waals surface area contributed by atoms with Gasteiger partial charge in [-0.2, -0.15) is 5.26 Å². The van der Waals surface area contributed by atoms with Gasteiger partial charge in [0.05, 0.1) is 18.9 Å². The summed E-state index contributed by atoms with van der Waals surface area (Å²) in [5, 5.41) is 11.4. The van der Waals surface area contributed by atoms with E-state index in [2.05, 4.69) is 5.32 Å². The summed E-state index contributed by atoms with van der Waals surface area (Å²) in [6.07, 6.45) is 0. The minimum absolute atomic E-state index is 0.116. The van der Waals surface area contributed by atoms with E-state index >= 15 is 0 Å². The van der Waals surface area contributed by atoms with E-state index in [1.54, 1.807) is 13.8 Å². The zero-order valence-corrected chi connectivity index (χ0v) is 10.5. The largest absolute Gasteiger partial charge is 0.495 e. The Morgan fingerprint density at radius 2 is 2.17 bits per heavy atom. The van der Waals surface area contributed by atoms with Crippen molar-refractivity contribution in [2.45, 2.75) is 13.8 Å². The lowest BCUT2D eigenvalue weighted by Crippen LogP contribution is -2.25. The van der Waals surface area contributed by atoms with Crippen LogP contribution in [0.15, 0.2) is 18.2 Å². The van der Waals surface area contributed by atoms with Crippen molar-refractivity contribution >= 4 is 11.6 Å². The van der Waals surface area contributed by atoms with Crippen LogP contribution in [0.3, 0.4) is 0 Å². The van der Waals surface area contributed by atoms with Gasteiger partial charge in [0, 0.05) is 6.07 Å². The lowest BCUT2D eigenvalue weighted by Gasteiger charge is -2.15. The van der Waals surface area contributed by atoms with Gasteiger partial charge in [-0.1, -0.05) is 13.8 Å². The van der Waals surface area contributed by atoms with E-state index < -0.39 is 17.6 Å². The standard InChI is InChI=1S/C13H15FN2O2/c1-8(2)10(7-15)13(17)16-11-6-9(14)4-5-12(11)18-3/h4-6,8,10H,1-3H3,(H,16,17). The van der Waals surface area contributed by atoms with Crippen LogP contribution < -0.4 is 10.1 Å². The first-order valence-electron chi connectivity index (χ1n) is 5.53. The van der Waals surface area contributed by atoms with Gasteiger partial charge < -0.3 is 10.1 Å². The second kappa shape index (κ2) is 6.01. The van der Waals surface area contributed by atoms with Crippen LogP contribution in [-0.4, -0.2) is 13.0 Å². The van der Waals surface area contributed by atoms with Gasteiger partial charge in [-0.25, -0.2) is 4.39 Å². The molecule has 0 aliphatic rings. The van der Waals surface area contributed by atoms with E-state index in [9.17, 15) is 9.18 Å². The summed E-state index contributed by atoms with van der Waals surface area (Å²) < 4.78 is 18.1. The third kappa shape index (κ3) is 3.20. The zero-order chi connectivity index (χ0) is 13.7. The molecule has 0 fully saturated rings. The molecule has 0 saturated heterocycles. The Balaban J connectivity index is 2.94. The maximum Gasteiger partial charge on any atom is 0.242 e. The van der Waals surface area contributed by atoms with Crippen molar-refractivity contribution in [2.24, 2.45) is 11.8 Å². The molecular formula is C13H15FN2O2. The summed E-state index contributed by atoms with van der Waals surface area (Å²) >= 11 is 0. The summed E-state index contributed by atoms with van der Waals surface area (Å²) in [4.78, 5) is 11.9. The third-order valence-electron chi connectivity index (χ3n) is 2.51. The average Bonchev–Trinajstić information content (AvgIpc) is 2.29. The molecule has 4 nitrogen and oxygen atoms in total. The highest BCUT2D eigenvalue weighted by Crippen LogP contribution is 2.26. The first-order chi connectivity index (χ1) is 8.49. The fraction of sp³-hybridized carbons (Fsp3) is 0.385. The SMILES string of the molecule is COc1ccc(F)cc1NC(=O)C(C#N)C(C)C. The summed E-state index contributed by atoms with van der Waals surface area (Å²) in [6, 6.07) is 5.74. The number of ether oxygens (including phenoxy) is 1. The van der Waals surface area contributed by atoms with Crippen molar-refractivity contribution in [3.05, 3.63) is 24.0 Å². The summed E-state index contributed by atoms with van der Waals surface area (Å²) in [5.41, 5.74) is 0.225. The van der Waals surface area contributed by atoms with E-state index in [1.165, 1.54) is 19.2 Å². The van der Waals surface area contributed by atoms with E-state index in [0.29, 0.717) is 5.75 Å². The predicted molar refractivity (Wildman–Crippen MR) is 65.5 cm³/mol. The molecule has 0 aromatic heterocycles. The Bertz CT molecular complexity index is 480. The molecule has 96 valence electrons. The van der Waals surface area contributed by atoms with Gasteiger partial charge >= 0.3 is 0 Å². The number of halogens is 1. The maximum atomic E-state index is 13.1. The molecule has 1 amide bonds. The first-order valence-corrected chi connectivity index (χ1v) is 5.53. The topological polar surface area (TPSA) is 62.1 Å². The van der Waals surface area contributed by atoms with E-state index in [0.717, 1.165) is 6.07 Å². The van der Waals surface area contributed by atoms with Crippen molar-refractivity contribution in [3.8, 4) is 11.8 Å². The Morgan fingerprint density at radius 1 is 1.50 bits per heavy atom. The number of anilines is 1. The Labute approximate surface area is 105 Å². The van der Waals surface area contributed by atoms with Gasteiger partial charge in [0.15, 0.2) is 0 Å². The van der Waals surface area contributed by atoms with Crippen LogP contribution in [0.5, 0.6) is 5.75 Å². The van der Waals surface area contributed by atoms with Gasteiger partial charge in [0.1, 0.15) is 17.5 Å². The molecule has 0 aliphatic heterocycles. The number of hydrogen-bond acceptors (Lipinski definition) is 3. The molecule has 1 rings (SSSR count). The molecular weight excluding hydrogens is 235 g/mol. The van der Waals surface area contributed by atoms with Crippen LogP contribution in [0.25, 0.3) is 0 Å². The van der Waals surface area contributed by atoms with Crippen LogP contribution in [-0.2, 0) is 4.79 Å². The molecule has 1 unspecified atom stereocenters. The average molecular weight is 250 g/mol. The highest BCUT2D eigenvalue weighted by Gasteiger charge is 2.22. The monoisotopic (exact) mass is 250 g/mol. The summed E-state index contributed by atoms with van der Waals surface area (Å²) in [5.74, 6) is -1.49. The maximum absolute atomic E-state index is 13.1. The predicted octanol–water partition coefficient (Wildman–Crippen LogP) is 2.57. The van der Waals surface area contributed by atoms with Gasteiger partial charge in [0.2, 0.25) is 5.91 Å². The van der Waals surface area contributed by atoms with Crippen molar-refractivity contribution in [1.82, 2.24) is 0 Å². The Hall–Kier alpha value is -2.09. The number of amides is 1. The number of nitriles is 1. The van der Waals surface area contributed by atoms with Gasteiger partial charge in [-0.3, -0.25) is 4.79 Å². The van der Waals surface area contributed by atoms with Crippen LogP contribution in [0, 0.1) is 29.0 Å². The molecule has 5 heteroatoms. The number of hydrogen-bond donors (Lipinski definition) is 1. The smallest absolute Gasteiger partial charge is 0.242 e. The molecule has 1 aromatic carbocycles. The number of benzene rings is 1. The van der Waals surface area contributed by atoms with E-state index in [-0.39, 0.29) is 11.6 Å². The highest BCUT2D eigenvalue weighted by atomic mass is 19.1.